The number of hydrogen-bond acceptors (Lipinski definition) is 3. The summed E-state index contributed by atoms with van der Waals surface area (Å²) in [6, 6.07) is 11.4. The van der Waals surface area contributed by atoms with Gasteiger partial charge in [0.15, 0.2) is 0 Å². The Morgan fingerprint density at radius 3 is 2.96 bits per heavy atom. The van der Waals surface area contributed by atoms with E-state index in [9.17, 15) is 0 Å². The number of rotatable bonds is 5. The summed E-state index contributed by atoms with van der Waals surface area (Å²) < 4.78 is 15.7. The molecule has 2 aromatic rings. The molecule has 6 heteroatoms. The first-order chi connectivity index (χ1) is 11.3. The summed E-state index contributed by atoms with van der Waals surface area (Å²) >= 11 is 0. The number of fused-ring (bicyclic) bond motifs is 1. The minimum Gasteiger partial charge on any atom is -0.323 e. The lowest BCUT2D eigenvalue weighted by Crippen LogP contribution is -2.24. The molecule has 0 aliphatic carbocycles. The van der Waals surface area contributed by atoms with Crippen molar-refractivity contribution < 1.29 is 9.09 Å². The van der Waals surface area contributed by atoms with Crippen LogP contribution in [0.15, 0.2) is 49.1 Å². The monoisotopic (exact) mass is 331 g/mol. The topological polar surface area (TPSA) is 24.5 Å². The number of nitrogens with zero attached hydrogens (tertiary/aromatic N) is 4. The highest BCUT2D eigenvalue weighted by Gasteiger charge is 2.43. The Bertz CT molecular complexity index is 647. The van der Waals surface area contributed by atoms with Crippen molar-refractivity contribution in [1.82, 2.24) is 9.24 Å². The van der Waals surface area contributed by atoms with Crippen molar-refractivity contribution in [1.29, 1.82) is 0 Å². The van der Waals surface area contributed by atoms with Crippen LogP contribution in [0, 0.1) is 0 Å². The van der Waals surface area contributed by atoms with Gasteiger partial charge in [-0.15, -0.1) is 0 Å². The molecule has 2 aliphatic heterocycles. The first-order valence-electron chi connectivity index (χ1n) is 8.34. The van der Waals surface area contributed by atoms with E-state index in [0.29, 0.717) is 6.04 Å². The van der Waals surface area contributed by atoms with Crippen molar-refractivity contribution in [3.05, 3.63) is 49.1 Å². The molecule has 0 spiro atoms. The number of benzene rings is 1. The molecule has 5 nitrogen and oxygen atoms in total. The molecule has 0 N–H and O–H groups in total. The second-order valence-corrected chi connectivity index (χ2v) is 8.04. The number of para-hydroxylation sites is 1. The molecule has 122 valence electrons. The van der Waals surface area contributed by atoms with E-state index in [4.69, 9.17) is 4.52 Å². The molecular formula is C17H24N4OP+. The van der Waals surface area contributed by atoms with Crippen LogP contribution in [0.2, 0.25) is 0 Å². The van der Waals surface area contributed by atoms with E-state index in [1.807, 2.05) is 7.05 Å². The summed E-state index contributed by atoms with van der Waals surface area (Å²) in [7, 11) is 1.38. The van der Waals surface area contributed by atoms with E-state index in [-0.39, 0.29) is 0 Å². The lowest BCUT2D eigenvalue weighted by molar-refractivity contribution is -0.671. The molecule has 2 aliphatic rings. The van der Waals surface area contributed by atoms with Gasteiger partial charge in [-0.05, 0) is 25.0 Å². The average molecular weight is 331 g/mol. The van der Waals surface area contributed by atoms with E-state index in [0.717, 1.165) is 19.7 Å². The van der Waals surface area contributed by atoms with Crippen molar-refractivity contribution >= 4 is 14.1 Å². The second kappa shape index (κ2) is 6.60. The van der Waals surface area contributed by atoms with Gasteiger partial charge in [-0.2, -0.15) is 0 Å². The largest absolute Gasteiger partial charge is 0.323 e. The summed E-state index contributed by atoms with van der Waals surface area (Å²) in [6.45, 7) is 3.94. The van der Waals surface area contributed by atoms with Gasteiger partial charge in [0.25, 0.3) is 0 Å². The smallest absolute Gasteiger partial charge is 0.243 e. The van der Waals surface area contributed by atoms with E-state index in [2.05, 4.69) is 67.5 Å². The number of aromatic nitrogens is 2. The first kappa shape index (κ1) is 15.1. The Morgan fingerprint density at radius 1 is 1.30 bits per heavy atom. The molecule has 2 fully saturated rings. The Hall–Kier alpha value is -1.42. The zero-order valence-electron chi connectivity index (χ0n) is 13.6. The molecule has 3 heterocycles. The van der Waals surface area contributed by atoms with Crippen LogP contribution in [-0.2, 0) is 18.1 Å². The molecule has 23 heavy (non-hydrogen) atoms. The van der Waals surface area contributed by atoms with Gasteiger partial charge < -0.3 is 9.19 Å². The molecular weight excluding hydrogens is 307 g/mol. The van der Waals surface area contributed by atoms with Crippen LogP contribution in [0.1, 0.15) is 12.8 Å². The molecule has 2 saturated heterocycles. The average Bonchev–Trinajstić information content (AvgIpc) is 3.25. The van der Waals surface area contributed by atoms with Gasteiger partial charge in [0.1, 0.15) is 18.9 Å². The number of anilines is 1. The summed E-state index contributed by atoms with van der Waals surface area (Å²) in [5, 5.41) is 0. The zero-order valence-corrected chi connectivity index (χ0v) is 14.5. The molecule has 1 aromatic carbocycles. The predicted octanol–water partition coefficient (Wildman–Crippen LogP) is 2.54. The van der Waals surface area contributed by atoms with Gasteiger partial charge in [0.05, 0.1) is 13.7 Å². The van der Waals surface area contributed by atoms with Gasteiger partial charge in [0.2, 0.25) is 14.8 Å². The van der Waals surface area contributed by atoms with Crippen molar-refractivity contribution in [2.45, 2.75) is 25.4 Å². The minimum atomic E-state index is -0.668. The fourth-order valence-corrected chi connectivity index (χ4v) is 5.70. The fourth-order valence-electron chi connectivity index (χ4n) is 3.45. The Labute approximate surface area is 139 Å². The van der Waals surface area contributed by atoms with Crippen LogP contribution < -0.4 is 9.24 Å². The molecule has 1 aromatic heterocycles. The maximum atomic E-state index is 6.38. The van der Waals surface area contributed by atoms with Crippen LogP contribution in [-0.4, -0.2) is 35.0 Å². The predicted molar refractivity (Wildman–Crippen MR) is 92.0 cm³/mol. The van der Waals surface area contributed by atoms with E-state index in [1.165, 1.54) is 25.1 Å². The molecule has 0 radical (unpaired) electrons. The molecule has 0 amide bonds. The number of imidazole rings is 1. The van der Waals surface area contributed by atoms with Gasteiger partial charge in [-0.1, -0.05) is 18.2 Å². The summed E-state index contributed by atoms with van der Waals surface area (Å²) in [5.41, 5.74) is 1.29. The number of aryl methyl sites for hydroxylation is 1. The van der Waals surface area contributed by atoms with E-state index < -0.39 is 8.45 Å². The van der Waals surface area contributed by atoms with Crippen molar-refractivity contribution in [3.63, 3.8) is 0 Å². The zero-order chi connectivity index (χ0) is 15.6. The minimum absolute atomic E-state index is 0.668. The van der Waals surface area contributed by atoms with Gasteiger partial charge in [-0.25, -0.2) is 13.8 Å². The lowest BCUT2D eigenvalue weighted by Gasteiger charge is -2.28. The summed E-state index contributed by atoms with van der Waals surface area (Å²) in [4.78, 5) is 0. The lowest BCUT2D eigenvalue weighted by atomic mass is 10.2. The standard InChI is InChI=1S/C17H24N4OP/c1-18-10-11-19(15-18)12-13-22-23-20-9-5-8-17(20)14-21(23)16-6-3-2-4-7-16/h2-4,6-7,10-11,15,17H,5,8-9,12-14H2,1H3/q+1/t17-,23-/m0/s1. The maximum Gasteiger partial charge on any atom is 0.243 e. The molecule has 0 saturated carbocycles. The summed E-state index contributed by atoms with van der Waals surface area (Å²) in [6.07, 6.45) is 8.87. The van der Waals surface area contributed by atoms with Crippen LogP contribution in [0.5, 0.6) is 0 Å². The highest BCUT2D eigenvalue weighted by atomic mass is 31.2. The SMILES string of the molecule is C[n+]1ccn(CCO[P@]2N(c3ccccc3)C[C@@H]3CCCN32)c1. The first-order valence-corrected chi connectivity index (χ1v) is 9.51. The van der Waals surface area contributed by atoms with Gasteiger partial charge in [-0.3, -0.25) is 0 Å². The molecule has 4 rings (SSSR count). The highest BCUT2D eigenvalue weighted by Crippen LogP contribution is 2.56. The van der Waals surface area contributed by atoms with E-state index >= 15 is 0 Å². The third-order valence-corrected chi connectivity index (χ3v) is 6.78. The van der Waals surface area contributed by atoms with Crippen molar-refractivity contribution in [2.24, 2.45) is 7.05 Å². The maximum absolute atomic E-state index is 6.38. The summed E-state index contributed by atoms with van der Waals surface area (Å²) in [5.74, 6) is 0. The Balaban J connectivity index is 1.44. The third kappa shape index (κ3) is 3.14. The third-order valence-electron chi connectivity index (χ3n) is 4.59. The van der Waals surface area contributed by atoms with Gasteiger partial charge in [0, 0.05) is 24.8 Å². The number of hydrogen-bond donors (Lipinski definition) is 0. The quantitative estimate of drug-likeness (QED) is 0.622. The van der Waals surface area contributed by atoms with E-state index in [1.54, 1.807) is 0 Å². The van der Waals surface area contributed by atoms with Crippen molar-refractivity contribution in [2.75, 3.05) is 24.4 Å². The fraction of sp³-hybridized carbons (Fsp3) is 0.471. The Morgan fingerprint density at radius 2 is 2.17 bits per heavy atom. The van der Waals surface area contributed by atoms with Crippen LogP contribution in [0.3, 0.4) is 0 Å². The molecule has 2 atom stereocenters. The molecule has 0 bridgehead atoms. The van der Waals surface area contributed by atoms with Crippen LogP contribution in [0.25, 0.3) is 0 Å². The highest BCUT2D eigenvalue weighted by molar-refractivity contribution is 7.52. The van der Waals surface area contributed by atoms with Crippen LogP contribution in [0.4, 0.5) is 5.69 Å². The van der Waals surface area contributed by atoms with Crippen molar-refractivity contribution in [3.8, 4) is 0 Å². The normalized spacial score (nSPS) is 24.3. The Kier molecular flexibility index (Phi) is 4.34. The second-order valence-electron chi connectivity index (χ2n) is 6.28. The van der Waals surface area contributed by atoms with Crippen LogP contribution >= 0.6 is 8.45 Å². The molecule has 0 unspecified atom stereocenters. The van der Waals surface area contributed by atoms with Gasteiger partial charge >= 0.3 is 0 Å².